The highest BCUT2D eigenvalue weighted by molar-refractivity contribution is 6.05. The zero-order chi connectivity index (χ0) is 29.7. The first-order chi connectivity index (χ1) is 20.2. The van der Waals surface area contributed by atoms with Crippen LogP contribution >= 0.6 is 0 Å². The number of allylic oxidation sites excluding steroid dienone is 2. The number of guanidine groups is 1. The fraction of sp³-hybridized carbons (Fsp3) is 0.576. The Morgan fingerprint density at radius 3 is 2.67 bits per heavy atom. The Labute approximate surface area is 249 Å². The highest BCUT2D eigenvalue weighted by Crippen LogP contribution is 2.46. The molecule has 4 N–H and O–H groups in total. The summed E-state index contributed by atoms with van der Waals surface area (Å²) >= 11 is 0. The number of nitrogens with two attached hydrogens (primary N) is 1. The van der Waals surface area contributed by atoms with Gasteiger partial charge in [-0.05, 0) is 61.6 Å². The lowest BCUT2D eigenvalue weighted by molar-refractivity contribution is -0.486. The van der Waals surface area contributed by atoms with Crippen LogP contribution in [-0.2, 0) is 33.7 Å². The summed E-state index contributed by atoms with van der Waals surface area (Å²) in [5.74, 6) is 0.156. The lowest BCUT2D eigenvalue weighted by atomic mass is 9.76. The maximum absolute atomic E-state index is 13.4. The van der Waals surface area contributed by atoms with Crippen molar-refractivity contribution in [3.05, 3.63) is 58.0 Å². The number of benzene rings is 1. The van der Waals surface area contributed by atoms with Gasteiger partial charge in [-0.1, -0.05) is 38.0 Å². The first-order valence-corrected chi connectivity index (χ1v) is 15.5. The second-order valence-electron chi connectivity index (χ2n) is 12.3. The SMILES string of the molecule is CCc1cc(CCC2(C3CCCC3)CC(O)=C(CC(=N)N=C3N=C(C)C=C(C)[NH2+]3)C(=O)O2)ccc1CN1CCOCC1. The number of cyclic esters (lactones) is 1. The first kappa shape index (κ1) is 30.3. The van der Waals surface area contributed by atoms with Gasteiger partial charge in [0.15, 0.2) is 0 Å². The van der Waals surface area contributed by atoms with Gasteiger partial charge in [0.25, 0.3) is 0 Å². The maximum Gasteiger partial charge on any atom is 0.338 e. The summed E-state index contributed by atoms with van der Waals surface area (Å²) in [5.41, 5.74) is 5.21. The van der Waals surface area contributed by atoms with E-state index in [4.69, 9.17) is 14.9 Å². The van der Waals surface area contributed by atoms with Crippen LogP contribution in [0.5, 0.6) is 0 Å². The molecule has 4 aliphatic rings. The molecule has 1 saturated heterocycles. The number of quaternary nitrogens is 1. The number of nitrogens with one attached hydrogen (secondary N) is 1. The Morgan fingerprint density at radius 1 is 1.21 bits per heavy atom. The average molecular weight is 577 g/mol. The van der Waals surface area contributed by atoms with Gasteiger partial charge in [-0.15, -0.1) is 0 Å². The van der Waals surface area contributed by atoms with Crippen molar-refractivity contribution in [3.8, 4) is 0 Å². The molecule has 1 aliphatic carbocycles. The second kappa shape index (κ2) is 13.4. The maximum atomic E-state index is 13.4. The number of aliphatic hydroxyl groups is 1. The molecule has 1 saturated carbocycles. The van der Waals surface area contributed by atoms with E-state index in [1.54, 1.807) is 5.32 Å². The molecular formula is C33H46N5O4+. The summed E-state index contributed by atoms with van der Waals surface area (Å²) in [6.07, 6.45) is 8.80. The van der Waals surface area contributed by atoms with E-state index in [1.807, 2.05) is 19.9 Å². The molecule has 1 unspecified atom stereocenters. The smallest absolute Gasteiger partial charge is 0.338 e. The van der Waals surface area contributed by atoms with E-state index in [2.05, 4.69) is 40.0 Å². The lowest BCUT2D eigenvalue weighted by Gasteiger charge is -2.42. The van der Waals surface area contributed by atoms with Crippen LogP contribution in [0.1, 0.15) is 82.4 Å². The van der Waals surface area contributed by atoms with Crippen molar-refractivity contribution in [2.75, 3.05) is 26.3 Å². The van der Waals surface area contributed by atoms with Gasteiger partial charge in [-0.2, -0.15) is 9.98 Å². The number of ether oxygens (including phenoxy) is 2. The number of carbonyl (C=O) groups is 1. The molecule has 226 valence electrons. The number of aryl methyl sites for hydroxylation is 2. The molecule has 0 amide bonds. The zero-order valence-electron chi connectivity index (χ0n) is 25.4. The summed E-state index contributed by atoms with van der Waals surface area (Å²) in [4.78, 5) is 24.5. The number of nitrogens with zero attached hydrogens (tertiary/aromatic N) is 3. The molecule has 2 fully saturated rings. The Kier molecular flexibility index (Phi) is 9.70. The number of amidine groups is 1. The quantitative estimate of drug-likeness (QED) is 0.229. The van der Waals surface area contributed by atoms with Crippen molar-refractivity contribution in [3.63, 3.8) is 0 Å². The van der Waals surface area contributed by atoms with Crippen molar-refractivity contribution < 1.29 is 24.7 Å². The van der Waals surface area contributed by atoms with Crippen molar-refractivity contribution in [2.45, 2.75) is 90.7 Å². The minimum atomic E-state index is -0.728. The molecule has 1 aromatic rings. The van der Waals surface area contributed by atoms with Crippen molar-refractivity contribution in [1.29, 1.82) is 5.41 Å². The van der Waals surface area contributed by atoms with E-state index >= 15 is 0 Å². The molecule has 5 rings (SSSR count). The Morgan fingerprint density at radius 2 is 1.98 bits per heavy atom. The van der Waals surface area contributed by atoms with Crippen LogP contribution in [0, 0.1) is 11.3 Å². The van der Waals surface area contributed by atoms with Gasteiger partial charge in [0.2, 0.25) is 0 Å². The number of morpholine rings is 1. The Balaban J connectivity index is 1.30. The fourth-order valence-corrected chi connectivity index (χ4v) is 6.88. The molecule has 3 aliphatic heterocycles. The number of aliphatic hydroxyl groups excluding tert-OH is 1. The van der Waals surface area contributed by atoms with Crippen molar-refractivity contribution >= 4 is 23.5 Å². The van der Waals surface area contributed by atoms with Crippen molar-refractivity contribution in [1.82, 2.24) is 4.90 Å². The summed E-state index contributed by atoms with van der Waals surface area (Å²) in [6, 6.07) is 6.79. The van der Waals surface area contributed by atoms with Gasteiger partial charge in [0.1, 0.15) is 22.9 Å². The zero-order valence-corrected chi connectivity index (χ0v) is 25.4. The molecule has 42 heavy (non-hydrogen) atoms. The highest BCUT2D eigenvalue weighted by Gasteiger charge is 2.48. The molecule has 0 bridgehead atoms. The summed E-state index contributed by atoms with van der Waals surface area (Å²) < 4.78 is 11.8. The third-order valence-corrected chi connectivity index (χ3v) is 9.12. The van der Waals surface area contributed by atoms with Crippen LogP contribution in [0.15, 0.2) is 51.3 Å². The second-order valence-corrected chi connectivity index (χ2v) is 12.3. The van der Waals surface area contributed by atoms with E-state index in [-0.39, 0.29) is 29.5 Å². The normalized spacial score (nSPS) is 25.0. The van der Waals surface area contributed by atoms with Gasteiger partial charge in [0.05, 0.1) is 24.5 Å². The van der Waals surface area contributed by atoms with E-state index in [1.165, 1.54) is 16.7 Å². The van der Waals surface area contributed by atoms with Gasteiger partial charge in [0, 0.05) is 45.5 Å². The minimum Gasteiger partial charge on any atom is -0.512 e. The van der Waals surface area contributed by atoms with Crippen LogP contribution in [0.3, 0.4) is 0 Å². The molecule has 9 nitrogen and oxygen atoms in total. The van der Waals surface area contributed by atoms with Crippen LogP contribution in [-0.4, -0.2) is 65.4 Å². The van der Waals surface area contributed by atoms with Gasteiger partial charge in [-0.3, -0.25) is 15.6 Å². The number of esters is 1. The molecule has 0 radical (unpaired) electrons. The molecule has 1 atom stereocenters. The largest absolute Gasteiger partial charge is 0.512 e. The fourth-order valence-electron chi connectivity index (χ4n) is 6.88. The molecule has 9 heteroatoms. The van der Waals surface area contributed by atoms with Gasteiger partial charge < -0.3 is 14.6 Å². The number of carbonyl (C=O) groups excluding carboxylic acids is 1. The average Bonchev–Trinajstić information content (AvgIpc) is 3.51. The topological polar surface area (TPSA) is 124 Å². The van der Waals surface area contributed by atoms with E-state index in [0.29, 0.717) is 18.8 Å². The summed E-state index contributed by atoms with van der Waals surface area (Å²) in [6.45, 7) is 10.5. The van der Waals surface area contributed by atoms with Crippen LogP contribution in [0.25, 0.3) is 0 Å². The molecule has 3 heterocycles. The van der Waals surface area contributed by atoms with Crippen molar-refractivity contribution in [2.24, 2.45) is 15.9 Å². The van der Waals surface area contributed by atoms with Crippen LogP contribution in [0.4, 0.5) is 0 Å². The lowest BCUT2D eigenvalue weighted by Crippen LogP contribution is -2.86. The molecular weight excluding hydrogens is 530 g/mol. The van der Waals surface area contributed by atoms with E-state index < -0.39 is 11.6 Å². The van der Waals surface area contributed by atoms with E-state index in [9.17, 15) is 9.90 Å². The molecule has 0 aromatic heterocycles. The third-order valence-electron chi connectivity index (χ3n) is 9.12. The number of aliphatic imine (C=N–C) groups is 2. The highest BCUT2D eigenvalue weighted by atomic mass is 16.6. The van der Waals surface area contributed by atoms with E-state index in [0.717, 1.165) is 82.8 Å². The standard InChI is InChI=1S/C33H45N5O4/c1-4-25-18-24(9-10-26(25)21-38-13-15-41-16-14-38)11-12-33(27-7-5-6-8-27)20-29(39)28(31(40)42-33)19-30(34)37-32-35-22(2)17-23(3)36-32/h9-10,17-18,27,39H,4-8,11-16,19-21H2,1-3H3,(H2,34,35,36,37)/p+1. The van der Waals surface area contributed by atoms with Crippen LogP contribution < -0.4 is 5.32 Å². The number of hydrogen-bond acceptors (Lipinski definition) is 6. The first-order valence-electron chi connectivity index (χ1n) is 15.5. The molecule has 0 spiro atoms. The summed E-state index contributed by atoms with van der Waals surface area (Å²) in [5, 5.41) is 21.4. The monoisotopic (exact) mass is 576 g/mol. The number of rotatable bonds is 9. The predicted molar refractivity (Wildman–Crippen MR) is 164 cm³/mol. The van der Waals surface area contributed by atoms with Crippen LogP contribution in [0.2, 0.25) is 0 Å². The Bertz CT molecular complexity index is 1320. The minimum absolute atomic E-state index is 0.0244. The van der Waals surface area contributed by atoms with Gasteiger partial charge >= 0.3 is 11.9 Å². The Hall–Kier alpha value is -3.14. The molecule has 1 aromatic carbocycles. The third kappa shape index (κ3) is 7.25. The predicted octanol–water partition coefficient (Wildman–Crippen LogP) is 4.37. The number of hydrogen-bond donors (Lipinski definition) is 3. The summed E-state index contributed by atoms with van der Waals surface area (Å²) in [7, 11) is 0. The van der Waals surface area contributed by atoms with Gasteiger partial charge in [-0.25, -0.2) is 4.79 Å².